The first-order valence-electron chi connectivity index (χ1n) is 5.94. The molecule has 0 atom stereocenters. The molecule has 0 saturated carbocycles. The molecule has 0 saturated heterocycles. The quantitative estimate of drug-likeness (QED) is 0.883. The number of hydrogen-bond donors (Lipinski definition) is 2. The van der Waals surface area contributed by atoms with E-state index in [0.717, 1.165) is 11.1 Å². The van der Waals surface area contributed by atoms with E-state index in [9.17, 15) is 4.39 Å². The van der Waals surface area contributed by atoms with Crippen LogP contribution in [0.3, 0.4) is 0 Å². The summed E-state index contributed by atoms with van der Waals surface area (Å²) in [5, 5.41) is 11.9. The lowest BCUT2D eigenvalue weighted by atomic mass is 10.1. The van der Waals surface area contributed by atoms with E-state index in [0.29, 0.717) is 24.3 Å². The van der Waals surface area contributed by atoms with Crippen molar-refractivity contribution >= 4 is 5.69 Å². The van der Waals surface area contributed by atoms with Crippen molar-refractivity contribution in [3.05, 3.63) is 65.0 Å². The molecule has 0 aliphatic heterocycles. The Balaban J connectivity index is 2.15. The molecule has 3 nitrogen and oxygen atoms in total. The van der Waals surface area contributed by atoms with Crippen molar-refractivity contribution in [3.8, 4) is 6.07 Å². The van der Waals surface area contributed by atoms with Gasteiger partial charge in [-0.15, -0.1) is 0 Å². The maximum absolute atomic E-state index is 13.3. The van der Waals surface area contributed by atoms with Crippen molar-refractivity contribution in [2.75, 3.05) is 5.32 Å². The summed E-state index contributed by atoms with van der Waals surface area (Å²) < 4.78 is 13.3. The van der Waals surface area contributed by atoms with E-state index >= 15 is 0 Å². The Hall–Kier alpha value is -2.38. The number of benzene rings is 2. The van der Waals surface area contributed by atoms with Crippen LogP contribution in [0.25, 0.3) is 0 Å². The molecule has 3 N–H and O–H groups in total. The number of nitriles is 1. The highest BCUT2D eigenvalue weighted by Gasteiger charge is 2.02. The van der Waals surface area contributed by atoms with Gasteiger partial charge in [-0.05, 0) is 29.3 Å². The van der Waals surface area contributed by atoms with E-state index in [4.69, 9.17) is 11.0 Å². The fourth-order valence-corrected chi connectivity index (χ4v) is 1.88. The molecule has 4 heteroatoms. The van der Waals surface area contributed by atoms with E-state index < -0.39 is 5.82 Å². The molecule has 0 aliphatic carbocycles. The zero-order chi connectivity index (χ0) is 13.7. The average molecular weight is 255 g/mol. The standard InChI is InChI=1S/C15H14FN3/c16-14-5-11(8-17)6-15(7-14)19-10-13-4-2-1-3-12(13)9-18/h1-7,19H,9-10,18H2. The van der Waals surface area contributed by atoms with Gasteiger partial charge >= 0.3 is 0 Å². The molecule has 19 heavy (non-hydrogen) atoms. The predicted octanol–water partition coefficient (Wildman–Crippen LogP) is 2.77. The predicted molar refractivity (Wildman–Crippen MR) is 72.8 cm³/mol. The van der Waals surface area contributed by atoms with Gasteiger partial charge in [0.2, 0.25) is 0 Å². The average Bonchev–Trinajstić information content (AvgIpc) is 2.44. The molecule has 0 aromatic heterocycles. The van der Waals surface area contributed by atoms with Gasteiger partial charge in [-0.1, -0.05) is 24.3 Å². The van der Waals surface area contributed by atoms with Gasteiger partial charge in [-0.2, -0.15) is 5.26 Å². The summed E-state index contributed by atoms with van der Waals surface area (Å²) in [7, 11) is 0. The van der Waals surface area contributed by atoms with Crippen LogP contribution >= 0.6 is 0 Å². The largest absolute Gasteiger partial charge is 0.381 e. The molecule has 2 aromatic rings. The molecule has 2 aromatic carbocycles. The maximum Gasteiger partial charge on any atom is 0.126 e. The van der Waals surface area contributed by atoms with Gasteiger partial charge in [0.15, 0.2) is 0 Å². The number of nitrogens with one attached hydrogen (secondary N) is 1. The van der Waals surface area contributed by atoms with Gasteiger partial charge in [0.25, 0.3) is 0 Å². The molecular formula is C15H14FN3. The fraction of sp³-hybridized carbons (Fsp3) is 0.133. The Kier molecular flexibility index (Phi) is 4.11. The second-order valence-corrected chi connectivity index (χ2v) is 4.17. The van der Waals surface area contributed by atoms with Crippen molar-refractivity contribution in [2.45, 2.75) is 13.1 Å². The first-order valence-corrected chi connectivity index (χ1v) is 5.94. The summed E-state index contributed by atoms with van der Waals surface area (Å²) in [5.74, 6) is -0.423. The summed E-state index contributed by atoms with van der Waals surface area (Å²) in [6.07, 6.45) is 0. The second kappa shape index (κ2) is 5.98. The van der Waals surface area contributed by atoms with Gasteiger partial charge in [0.05, 0.1) is 11.6 Å². The van der Waals surface area contributed by atoms with Crippen LogP contribution in [0, 0.1) is 17.1 Å². The molecule has 2 rings (SSSR count). The zero-order valence-electron chi connectivity index (χ0n) is 10.4. The van der Waals surface area contributed by atoms with Gasteiger partial charge in [-0.25, -0.2) is 4.39 Å². The highest BCUT2D eigenvalue weighted by atomic mass is 19.1. The molecule has 96 valence electrons. The van der Waals surface area contributed by atoms with E-state index in [1.54, 1.807) is 6.07 Å². The summed E-state index contributed by atoms with van der Waals surface area (Å²) >= 11 is 0. The Morgan fingerprint density at radius 3 is 2.58 bits per heavy atom. The van der Waals surface area contributed by atoms with Crippen molar-refractivity contribution in [3.63, 3.8) is 0 Å². The minimum atomic E-state index is -0.423. The van der Waals surface area contributed by atoms with Crippen LogP contribution in [0.15, 0.2) is 42.5 Å². The van der Waals surface area contributed by atoms with E-state index in [1.807, 2.05) is 30.3 Å². The van der Waals surface area contributed by atoms with Crippen LogP contribution in [0.4, 0.5) is 10.1 Å². The van der Waals surface area contributed by atoms with E-state index in [1.165, 1.54) is 12.1 Å². The number of halogens is 1. The summed E-state index contributed by atoms with van der Waals surface area (Å²) in [5.41, 5.74) is 8.66. The fourth-order valence-electron chi connectivity index (χ4n) is 1.88. The molecule has 0 heterocycles. The first-order chi connectivity index (χ1) is 9.22. The van der Waals surface area contributed by atoms with Gasteiger partial charge in [0.1, 0.15) is 5.82 Å². The van der Waals surface area contributed by atoms with Crippen LogP contribution in [0.1, 0.15) is 16.7 Å². The van der Waals surface area contributed by atoms with Gasteiger partial charge in [-0.3, -0.25) is 0 Å². The Bertz CT molecular complexity index is 617. The number of nitrogens with zero attached hydrogens (tertiary/aromatic N) is 1. The zero-order valence-corrected chi connectivity index (χ0v) is 10.4. The van der Waals surface area contributed by atoms with Crippen LogP contribution in [0.5, 0.6) is 0 Å². The Morgan fingerprint density at radius 1 is 1.16 bits per heavy atom. The van der Waals surface area contributed by atoms with Gasteiger partial charge < -0.3 is 11.1 Å². The van der Waals surface area contributed by atoms with Crippen molar-refractivity contribution in [2.24, 2.45) is 5.73 Å². The van der Waals surface area contributed by atoms with Crippen molar-refractivity contribution in [1.29, 1.82) is 5.26 Å². The van der Waals surface area contributed by atoms with E-state index in [2.05, 4.69) is 5.32 Å². The molecule has 0 amide bonds. The smallest absolute Gasteiger partial charge is 0.126 e. The Labute approximate surface area is 111 Å². The molecule has 0 fully saturated rings. The first kappa shape index (κ1) is 13.1. The third-order valence-corrected chi connectivity index (χ3v) is 2.85. The highest BCUT2D eigenvalue weighted by molar-refractivity contribution is 5.50. The maximum atomic E-state index is 13.3. The lowest BCUT2D eigenvalue weighted by Gasteiger charge is -2.10. The summed E-state index contributed by atoms with van der Waals surface area (Å²) in [6.45, 7) is 1.01. The van der Waals surface area contributed by atoms with Crippen LogP contribution < -0.4 is 11.1 Å². The topological polar surface area (TPSA) is 61.8 Å². The van der Waals surface area contributed by atoms with Crippen LogP contribution in [-0.4, -0.2) is 0 Å². The van der Waals surface area contributed by atoms with Crippen molar-refractivity contribution in [1.82, 2.24) is 0 Å². The Morgan fingerprint density at radius 2 is 1.89 bits per heavy atom. The normalized spacial score (nSPS) is 9.95. The minimum absolute atomic E-state index is 0.301. The molecule has 0 radical (unpaired) electrons. The number of nitrogens with two attached hydrogens (primary N) is 1. The SMILES string of the molecule is N#Cc1cc(F)cc(NCc2ccccc2CN)c1. The molecule has 0 unspecified atom stereocenters. The molecule has 0 aliphatic rings. The molecule has 0 bridgehead atoms. The van der Waals surface area contributed by atoms with Crippen LogP contribution in [-0.2, 0) is 13.1 Å². The summed E-state index contributed by atoms with van der Waals surface area (Å²) in [4.78, 5) is 0. The van der Waals surface area contributed by atoms with Crippen LogP contribution in [0.2, 0.25) is 0 Å². The van der Waals surface area contributed by atoms with E-state index in [-0.39, 0.29) is 0 Å². The lowest BCUT2D eigenvalue weighted by molar-refractivity contribution is 0.627. The second-order valence-electron chi connectivity index (χ2n) is 4.17. The number of rotatable bonds is 4. The lowest BCUT2D eigenvalue weighted by Crippen LogP contribution is -2.06. The minimum Gasteiger partial charge on any atom is -0.381 e. The number of anilines is 1. The monoisotopic (exact) mass is 255 g/mol. The molecule has 0 spiro atoms. The third-order valence-electron chi connectivity index (χ3n) is 2.85. The third kappa shape index (κ3) is 3.30. The highest BCUT2D eigenvalue weighted by Crippen LogP contribution is 2.16. The van der Waals surface area contributed by atoms with Gasteiger partial charge in [0, 0.05) is 18.8 Å². The summed E-state index contributed by atoms with van der Waals surface area (Å²) in [6, 6.07) is 13.9. The number of hydrogen-bond acceptors (Lipinski definition) is 3. The van der Waals surface area contributed by atoms with Crippen molar-refractivity contribution < 1.29 is 4.39 Å². The molecular weight excluding hydrogens is 241 g/mol.